The summed E-state index contributed by atoms with van der Waals surface area (Å²) in [6.45, 7) is 6.16. The van der Waals surface area contributed by atoms with Gasteiger partial charge in [0.05, 0.1) is 4.90 Å². The number of sulfonamides is 1. The van der Waals surface area contributed by atoms with Gasteiger partial charge in [-0.05, 0) is 45.2 Å². The van der Waals surface area contributed by atoms with Gasteiger partial charge in [-0.3, -0.25) is 0 Å². The molecule has 21 heavy (non-hydrogen) atoms. The zero-order valence-electron chi connectivity index (χ0n) is 13.1. The van der Waals surface area contributed by atoms with Gasteiger partial charge in [-0.1, -0.05) is 31.0 Å². The summed E-state index contributed by atoms with van der Waals surface area (Å²) in [5, 5.41) is 3.48. The summed E-state index contributed by atoms with van der Waals surface area (Å²) in [4.78, 5) is 0.380. The zero-order chi connectivity index (χ0) is 15.5. The first-order valence-electron chi connectivity index (χ1n) is 7.63. The van der Waals surface area contributed by atoms with Gasteiger partial charge in [0.25, 0.3) is 0 Å². The van der Waals surface area contributed by atoms with E-state index in [1.54, 1.807) is 12.1 Å². The van der Waals surface area contributed by atoms with Crippen molar-refractivity contribution >= 4 is 10.0 Å². The first-order valence-corrected chi connectivity index (χ1v) is 9.11. The lowest BCUT2D eigenvalue weighted by Crippen LogP contribution is -2.41. The van der Waals surface area contributed by atoms with Gasteiger partial charge < -0.3 is 5.32 Å². The van der Waals surface area contributed by atoms with Crippen LogP contribution in [-0.2, 0) is 16.6 Å². The Kier molecular flexibility index (Phi) is 5.07. The molecule has 0 amide bonds. The monoisotopic (exact) mass is 310 g/mol. The van der Waals surface area contributed by atoms with E-state index in [2.05, 4.69) is 10.0 Å². The number of nitrogens with one attached hydrogen (secondary N) is 2. The normalized spacial score (nSPS) is 17.3. The Hall–Kier alpha value is -0.910. The SMILES string of the molecule is CC(C)(C)NS(=O)(=O)c1ccccc1CNC1CCCC1. The molecule has 0 atom stereocenters. The van der Waals surface area contributed by atoms with E-state index in [-0.39, 0.29) is 0 Å². The molecule has 0 radical (unpaired) electrons. The third kappa shape index (κ3) is 4.80. The molecular formula is C16H26N2O2S. The number of hydrogen-bond donors (Lipinski definition) is 2. The highest BCUT2D eigenvalue weighted by Crippen LogP contribution is 2.21. The molecule has 0 aromatic heterocycles. The van der Waals surface area contributed by atoms with Crippen molar-refractivity contribution in [3.05, 3.63) is 29.8 Å². The molecule has 1 aromatic rings. The average Bonchev–Trinajstić information content (AvgIpc) is 2.87. The highest BCUT2D eigenvalue weighted by atomic mass is 32.2. The molecule has 2 rings (SSSR count). The van der Waals surface area contributed by atoms with Crippen LogP contribution >= 0.6 is 0 Å². The van der Waals surface area contributed by atoms with Crippen LogP contribution in [0, 0.1) is 0 Å². The third-order valence-electron chi connectivity index (χ3n) is 3.64. The van der Waals surface area contributed by atoms with Crippen LogP contribution in [0.3, 0.4) is 0 Å². The summed E-state index contributed by atoms with van der Waals surface area (Å²) < 4.78 is 27.8. The Balaban J connectivity index is 2.15. The van der Waals surface area contributed by atoms with E-state index in [4.69, 9.17) is 0 Å². The molecule has 4 nitrogen and oxygen atoms in total. The van der Waals surface area contributed by atoms with Crippen LogP contribution in [0.1, 0.15) is 52.0 Å². The zero-order valence-corrected chi connectivity index (χ0v) is 14.0. The van der Waals surface area contributed by atoms with Gasteiger partial charge in [0.1, 0.15) is 0 Å². The highest BCUT2D eigenvalue weighted by Gasteiger charge is 2.24. The van der Waals surface area contributed by atoms with Crippen LogP contribution in [0.15, 0.2) is 29.2 Å². The Labute approximate surface area is 128 Å². The molecule has 0 unspecified atom stereocenters. The number of hydrogen-bond acceptors (Lipinski definition) is 3. The summed E-state index contributed by atoms with van der Waals surface area (Å²) in [6, 6.07) is 7.76. The molecular weight excluding hydrogens is 284 g/mol. The van der Waals surface area contributed by atoms with Crippen molar-refractivity contribution in [2.75, 3.05) is 0 Å². The molecule has 1 saturated carbocycles. The average molecular weight is 310 g/mol. The Morgan fingerprint density at radius 2 is 1.76 bits per heavy atom. The van der Waals surface area contributed by atoms with E-state index in [1.807, 2.05) is 32.9 Å². The van der Waals surface area contributed by atoms with Crippen LogP contribution < -0.4 is 10.0 Å². The molecule has 1 aromatic carbocycles. The quantitative estimate of drug-likeness (QED) is 0.879. The first kappa shape index (κ1) is 16.5. The van der Waals surface area contributed by atoms with E-state index in [1.165, 1.54) is 25.7 Å². The van der Waals surface area contributed by atoms with Crippen molar-refractivity contribution in [3.63, 3.8) is 0 Å². The molecule has 5 heteroatoms. The van der Waals surface area contributed by atoms with Crippen molar-refractivity contribution in [3.8, 4) is 0 Å². The van der Waals surface area contributed by atoms with Crippen LogP contribution in [-0.4, -0.2) is 20.0 Å². The lowest BCUT2D eigenvalue weighted by Gasteiger charge is -2.22. The smallest absolute Gasteiger partial charge is 0.241 e. The molecule has 1 fully saturated rings. The number of rotatable bonds is 5. The molecule has 0 heterocycles. The fraction of sp³-hybridized carbons (Fsp3) is 0.625. The van der Waals surface area contributed by atoms with Gasteiger partial charge >= 0.3 is 0 Å². The molecule has 1 aliphatic rings. The predicted molar refractivity (Wildman–Crippen MR) is 85.6 cm³/mol. The van der Waals surface area contributed by atoms with Crippen molar-refractivity contribution in [2.24, 2.45) is 0 Å². The highest BCUT2D eigenvalue weighted by molar-refractivity contribution is 7.89. The van der Waals surface area contributed by atoms with E-state index in [9.17, 15) is 8.42 Å². The number of benzene rings is 1. The van der Waals surface area contributed by atoms with Crippen LogP contribution in [0.4, 0.5) is 0 Å². The lowest BCUT2D eigenvalue weighted by atomic mass is 10.1. The maximum atomic E-state index is 12.5. The minimum absolute atomic E-state index is 0.380. The topological polar surface area (TPSA) is 58.2 Å². The Morgan fingerprint density at radius 3 is 2.38 bits per heavy atom. The third-order valence-corrected chi connectivity index (χ3v) is 5.50. The standard InChI is InChI=1S/C16H26N2O2S/c1-16(2,3)18-21(19,20)15-11-7-4-8-13(15)12-17-14-9-5-6-10-14/h4,7-8,11,14,17-18H,5-6,9-10,12H2,1-3H3. The fourth-order valence-corrected chi connectivity index (χ4v) is 4.41. The van der Waals surface area contributed by atoms with Crippen molar-refractivity contribution in [2.45, 2.75) is 69.5 Å². The second kappa shape index (κ2) is 6.46. The van der Waals surface area contributed by atoms with Crippen molar-refractivity contribution < 1.29 is 8.42 Å². The van der Waals surface area contributed by atoms with E-state index in [0.29, 0.717) is 17.5 Å². The van der Waals surface area contributed by atoms with Crippen LogP contribution in [0.5, 0.6) is 0 Å². The maximum absolute atomic E-state index is 12.5. The van der Waals surface area contributed by atoms with E-state index in [0.717, 1.165) is 5.56 Å². The van der Waals surface area contributed by atoms with Gasteiger partial charge in [-0.2, -0.15) is 0 Å². The van der Waals surface area contributed by atoms with Gasteiger partial charge in [-0.15, -0.1) is 0 Å². The fourth-order valence-electron chi connectivity index (χ4n) is 2.75. The Morgan fingerprint density at radius 1 is 1.14 bits per heavy atom. The summed E-state index contributed by atoms with van der Waals surface area (Å²) in [7, 11) is -3.48. The molecule has 118 valence electrons. The van der Waals surface area contributed by atoms with Gasteiger partial charge in [-0.25, -0.2) is 13.1 Å². The van der Waals surface area contributed by atoms with Crippen LogP contribution in [0.2, 0.25) is 0 Å². The van der Waals surface area contributed by atoms with Crippen molar-refractivity contribution in [1.82, 2.24) is 10.0 Å². The predicted octanol–water partition coefficient (Wildman–Crippen LogP) is 2.80. The maximum Gasteiger partial charge on any atom is 0.241 e. The summed E-state index contributed by atoms with van der Waals surface area (Å²) >= 11 is 0. The summed E-state index contributed by atoms with van der Waals surface area (Å²) in [5.74, 6) is 0. The molecule has 0 spiro atoms. The molecule has 0 saturated heterocycles. The minimum atomic E-state index is -3.48. The summed E-state index contributed by atoms with van der Waals surface area (Å²) in [6.07, 6.45) is 4.91. The van der Waals surface area contributed by atoms with E-state index >= 15 is 0 Å². The molecule has 0 aliphatic heterocycles. The molecule has 2 N–H and O–H groups in total. The van der Waals surface area contributed by atoms with Gasteiger partial charge in [0, 0.05) is 18.1 Å². The van der Waals surface area contributed by atoms with Crippen LogP contribution in [0.25, 0.3) is 0 Å². The first-order chi connectivity index (χ1) is 9.78. The van der Waals surface area contributed by atoms with Gasteiger partial charge in [0.15, 0.2) is 0 Å². The minimum Gasteiger partial charge on any atom is -0.310 e. The largest absolute Gasteiger partial charge is 0.310 e. The lowest BCUT2D eigenvalue weighted by molar-refractivity contribution is 0.488. The Bertz CT molecular complexity index is 570. The van der Waals surface area contributed by atoms with Crippen molar-refractivity contribution in [1.29, 1.82) is 0 Å². The second-order valence-corrected chi connectivity index (χ2v) is 8.48. The van der Waals surface area contributed by atoms with E-state index < -0.39 is 15.6 Å². The summed E-state index contributed by atoms with van der Waals surface area (Å²) in [5.41, 5.74) is 0.353. The molecule has 0 bridgehead atoms. The second-order valence-electron chi connectivity index (χ2n) is 6.83. The van der Waals surface area contributed by atoms with Gasteiger partial charge in [0.2, 0.25) is 10.0 Å². The molecule has 1 aliphatic carbocycles.